The summed E-state index contributed by atoms with van der Waals surface area (Å²) in [5, 5.41) is 0.593. The zero-order chi connectivity index (χ0) is 14.0. The Morgan fingerprint density at radius 3 is 2.53 bits per heavy atom. The molecule has 2 rings (SSSR count). The Hall–Kier alpha value is -1.87. The number of carbonyl (C=O) groups is 1. The van der Waals surface area contributed by atoms with Gasteiger partial charge in [0, 0.05) is 19.8 Å². The summed E-state index contributed by atoms with van der Waals surface area (Å²) in [6.07, 6.45) is 4.99. The Balaban J connectivity index is 2.34. The molecular formula is C15H15ClN2O. The highest BCUT2D eigenvalue weighted by Gasteiger charge is 2.08. The highest BCUT2D eigenvalue weighted by Crippen LogP contribution is 2.29. The van der Waals surface area contributed by atoms with E-state index >= 15 is 0 Å². The molecule has 1 aromatic rings. The number of allylic oxidation sites excluding steroid dienone is 4. The third-order valence-corrected chi connectivity index (χ3v) is 3.16. The molecule has 0 saturated heterocycles. The standard InChI is InChI=1S/C15H15ClN2O/c1-10-8-11(4-7-15(10)19)17-14-6-5-12(18(2)3)9-13(14)16/h4-9H,1-3H3. The summed E-state index contributed by atoms with van der Waals surface area (Å²) in [6.45, 7) is 1.78. The van der Waals surface area contributed by atoms with Gasteiger partial charge in [-0.2, -0.15) is 0 Å². The van der Waals surface area contributed by atoms with Gasteiger partial charge in [-0.1, -0.05) is 11.6 Å². The van der Waals surface area contributed by atoms with Gasteiger partial charge >= 0.3 is 0 Å². The second-order valence-electron chi connectivity index (χ2n) is 4.59. The van der Waals surface area contributed by atoms with Crippen LogP contribution in [0.3, 0.4) is 0 Å². The molecule has 0 heterocycles. The minimum atomic E-state index is 0.0213. The summed E-state index contributed by atoms with van der Waals surface area (Å²) in [5.74, 6) is 0.0213. The van der Waals surface area contributed by atoms with Crippen LogP contribution in [0.1, 0.15) is 6.92 Å². The third kappa shape index (κ3) is 3.12. The van der Waals surface area contributed by atoms with Crippen molar-refractivity contribution in [1.29, 1.82) is 0 Å². The van der Waals surface area contributed by atoms with E-state index in [4.69, 9.17) is 11.6 Å². The van der Waals surface area contributed by atoms with Crippen LogP contribution in [0.2, 0.25) is 5.02 Å². The monoisotopic (exact) mass is 274 g/mol. The second-order valence-corrected chi connectivity index (χ2v) is 5.00. The molecule has 0 spiro atoms. The third-order valence-electron chi connectivity index (χ3n) is 2.86. The molecule has 0 unspecified atom stereocenters. The van der Waals surface area contributed by atoms with Crippen molar-refractivity contribution in [3.05, 3.63) is 47.0 Å². The fourth-order valence-corrected chi connectivity index (χ4v) is 1.92. The molecule has 19 heavy (non-hydrogen) atoms. The lowest BCUT2D eigenvalue weighted by Crippen LogP contribution is -2.08. The first-order valence-electron chi connectivity index (χ1n) is 5.93. The van der Waals surface area contributed by atoms with E-state index in [0.717, 1.165) is 11.4 Å². The van der Waals surface area contributed by atoms with Crippen molar-refractivity contribution in [2.75, 3.05) is 19.0 Å². The number of aliphatic imine (C=N–C) groups is 1. The fourth-order valence-electron chi connectivity index (χ4n) is 1.71. The number of halogens is 1. The molecule has 0 radical (unpaired) electrons. The van der Waals surface area contributed by atoms with Gasteiger partial charge in [-0.05, 0) is 48.9 Å². The van der Waals surface area contributed by atoms with Gasteiger partial charge in [0.1, 0.15) is 0 Å². The predicted molar refractivity (Wildman–Crippen MR) is 80.8 cm³/mol. The van der Waals surface area contributed by atoms with Crippen molar-refractivity contribution >= 4 is 34.5 Å². The average Bonchev–Trinajstić information content (AvgIpc) is 2.36. The summed E-state index contributed by atoms with van der Waals surface area (Å²) >= 11 is 6.21. The Morgan fingerprint density at radius 1 is 1.21 bits per heavy atom. The second kappa shape index (κ2) is 5.41. The smallest absolute Gasteiger partial charge is 0.181 e. The van der Waals surface area contributed by atoms with E-state index in [-0.39, 0.29) is 5.78 Å². The number of carbonyl (C=O) groups excluding carboxylic acids is 1. The van der Waals surface area contributed by atoms with E-state index in [1.807, 2.05) is 37.2 Å². The number of rotatable bonds is 2. The molecule has 0 aromatic heterocycles. The number of anilines is 1. The molecule has 0 saturated carbocycles. The van der Waals surface area contributed by atoms with E-state index in [9.17, 15) is 4.79 Å². The van der Waals surface area contributed by atoms with Gasteiger partial charge in [0.15, 0.2) is 5.78 Å². The zero-order valence-corrected chi connectivity index (χ0v) is 11.9. The summed E-state index contributed by atoms with van der Waals surface area (Å²) < 4.78 is 0. The largest absolute Gasteiger partial charge is 0.378 e. The van der Waals surface area contributed by atoms with Gasteiger partial charge in [-0.25, -0.2) is 4.99 Å². The molecule has 0 N–H and O–H groups in total. The fraction of sp³-hybridized carbons (Fsp3) is 0.200. The van der Waals surface area contributed by atoms with Crippen LogP contribution in [0.4, 0.5) is 11.4 Å². The summed E-state index contributed by atoms with van der Waals surface area (Å²) in [6, 6.07) is 5.70. The highest BCUT2D eigenvalue weighted by molar-refractivity contribution is 6.33. The molecule has 0 atom stereocenters. The molecule has 4 heteroatoms. The summed E-state index contributed by atoms with van der Waals surface area (Å²) in [7, 11) is 3.91. The van der Waals surface area contributed by atoms with Crippen LogP contribution in [0.15, 0.2) is 47.0 Å². The Kier molecular flexibility index (Phi) is 3.86. The summed E-state index contributed by atoms with van der Waals surface area (Å²) in [4.78, 5) is 17.8. The molecule has 0 amide bonds. The predicted octanol–water partition coefficient (Wildman–Crippen LogP) is 3.56. The number of hydrogen-bond acceptors (Lipinski definition) is 3. The van der Waals surface area contributed by atoms with Gasteiger partial charge < -0.3 is 4.90 Å². The van der Waals surface area contributed by atoms with Crippen LogP contribution in [-0.2, 0) is 4.79 Å². The van der Waals surface area contributed by atoms with Crippen LogP contribution < -0.4 is 4.90 Å². The van der Waals surface area contributed by atoms with Crippen molar-refractivity contribution < 1.29 is 4.79 Å². The minimum absolute atomic E-state index is 0.0213. The van der Waals surface area contributed by atoms with Gasteiger partial charge in [-0.15, -0.1) is 0 Å². The Morgan fingerprint density at radius 2 is 1.95 bits per heavy atom. The van der Waals surface area contributed by atoms with E-state index in [1.165, 1.54) is 6.08 Å². The van der Waals surface area contributed by atoms with Gasteiger partial charge in [0.25, 0.3) is 0 Å². The molecule has 0 bridgehead atoms. The molecule has 1 aromatic carbocycles. The molecule has 0 aliphatic heterocycles. The molecule has 1 aliphatic carbocycles. The van der Waals surface area contributed by atoms with Crippen molar-refractivity contribution in [3.63, 3.8) is 0 Å². The lowest BCUT2D eigenvalue weighted by Gasteiger charge is -2.13. The zero-order valence-electron chi connectivity index (χ0n) is 11.1. The molecule has 1 aliphatic rings. The van der Waals surface area contributed by atoms with Crippen LogP contribution in [-0.4, -0.2) is 25.6 Å². The molecular weight excluding hydrogens is 260 g/mol. The Bertz CT molecular complexity index is 613. The van der Waals surface area contributed by atoms with Crippen LogP contribution >= 0.6 is 11.6 Å². The first-order valence-corrected chi connectivity index (χ1v) is 6.31. The lowest BCUT2D eigenvalue weighted by molar-refractivity contribution is -0.111. The maximum atomic E-state index is 11.3. The maximum Gasteiger partial charge on any atom is 0.181 e. The van der Waals surface area contributed by atoms with E-state index < -0.39 is 0 Å². The number of ketones is 1. The quantitative estimate of drug-likeness (QED) is 0.773. The maximum absolute atomic E-state index is 11.3. The molecule has 0 fully saturated rings. The van der Waals surface area contributed by atoms with Gasteiger partial charge in [0.2, 0.25) is 0 Å². The SMILES string of the molecule is CC1=CC(=Nc2ccc(N(C)C)cc2Cl)C=CC1=O. The van der Waals surface area contributed by atoms with Crippen molar-refractivity contribution in [1.82, 2.24) is 0 Å². The molecule has 98 valence electrons. The number of hydrogen-bond donors (Lipinski definition) is 0. The number of nitrogens with zero attached hydrogens (tertiary/aromatic N) is 2. The minimum Gasteiger partial charge on any atom is -0.378 e. The van der Waals surface area contributed by atoms with Crippen molar-refractivity contribution in [2.24, 2.45) is 4.99 Å². The van der Waals surface area contributed by atoms with E-state index in [2.05, 4.69) is 4.99 Å². The lowest BCUT2D eigenvalue weighted by atomic mass is 10.1. The van der Waals surface area contributed by atoms with E-state index in [1.54, 1.807) is 19.1 Å². The normalized spacial score (nSPS) is 16.7. The topological polar surface area (TPSA) is 32.7 Å². The average molecular weight is 275 g/mol. The van der Waals surface area contributed by atoms with Crippen LogP contribution in [0, 0.1) is 0 Å². The van der Waals surface area contributed by atoms with Crippen LogP contribution in [0.25, 0.3) is 0 Å². The van der Waals surface area contributed by atoms with Gasteiger partial charge in [-0.3, -0.25) is 4.79 Å². The first kappa shape index (κ1) is 13.6. The number of benzene rings is 1. The van der Waals surface area contributed by atoms with Crippen molar-refractivity contribution in [3.8, 4) is 0 Å². The van der Waals surface area contributed by atoms with Gasteiger partial charge in [0.05, 0.1) is 16.4 Å². The van der Waals surface area contributed by atoms with Crippen LogP contribution in [0.5, 0.6) is 0 Å². The Labute approximate surface area is 117 Å². The molecule has 3 nitrogen and oxygen atoms in total. The first-order chi connectivity index (χ1) is 8.97. The van der Waals surface area contributed by atoms with Crippen molar-refractivity contribution in [2.45, 2.75) is 6.92 Å². The highest BCUT2D eigenvalue weighted by atomic mass is 35.5. The van der Waals surface area contributed by atoms with E-state index in [0.29, 0.717) is 16.3 Å². The summed E-state index contributed by atoms with van der Waals surface area (Å²) in [5.41, 5.74) is 3.14.